The van der Waals surface area contributed by atoms with Gasteiger partial charge in [-0.25, -0.2) is 18.7 Å². The number of ether oxygens (including phenoxy) is 2. The number of halogens is 3. The van der Waals surface area contributed by atoms with E-state index in [2.05, 4.69) is 10.3 Å². The molecule has 8 nitrogen and oxygen atoms in total. The van der Waals surface area contributed by atoms with Crippen LogP contribution in [0.15, 0.2) is 55.0 Å². The number of anilines is 3. The predicted octanol–water partition coefficient (Wildman–Crippen LogP) is 5.42. The molecule has 0 spiro atoms. The average Bonchev–Trinajstić information content (AvgIpc) is 3.56. The van der Waals surface area contributed by atoms with Crippen LogP contribution in [0, 0.1) is 5.82 Å². The molecule has 2 unspecified atom stereocenters. The Balaban J connectivity index is 1.39. The van der Waals surface area contributed by atoms with Crippen molar-refractivity contribution in [2.75, 3.05) is 37.0 Å². The van der Waals surface area contributed by atoms with E-state index in [-0.39, 0.29) is 12.4 Å². The lowest BCUT2D eigenvalue weighted by molar-refractivity contribution is 0.0664. The molecule has 1 fully saturated rings. The molecule has 38 heavy (non-hydrogen) atoms. The van der Waals surface area contributed by atoms with Gasteiger partial charge in [-0.05, 0) is 36.2 Å². The molecule has 2 aliphatic heterocycles. The number of fused-ring (bicyclic) bond motifs is 1. The first-order valence-corrected chi connectivity index (χ1v) is 12.7. The van der Waals surface area contributed by atoms with Crippen LogP contribution >= 0.6 is 11.6 Å². The van der Waals surface area contributed by atoms with Crippen molar-refractivity contribution < 1.29 is 18.3 Å². The number of rotatable bonds is 6. The summed E-state index contributed by atoms with van der Waals surface area (Å²) in [4.78, 5) is 15.7. The summed E-state index contributed by atoms with van der Waals surface area (Å²) >= 11 is 5.99. The van der Waals surface area contributed by atoms with E-state index < -0.39 is 12.3 Å². The smallest absolute Gasteiger partial charge is 0.229 e. The molecule has 2 atom stereocenters. The van der Waals surface area contributed by atoms with Crippen LogP contribution in [0.2, 0.25) is 5.15 Å². The molecule has 11 heteroatoms. The third-order valence-electron chi connectivity index (χ3n) is 6.77. The van der Waals surface area contributed by atoms with Crippen LogP contribution in [-0.4, -0.2) is 52.5 Å². The van der Waals surface area contributed by atoms with E-state index in [1.807, 2.05) is 23.1 Å². The first-order chi connectivity index (χ1) is 18.5. The van der Waals surface area contributed by atoms with Crippen LogP contribution in [0.1, 0.15) is 29.3 Å². The highest BCUT2D eigenvalue weighted by Gasteiger charge is 2.32. The van der Waals surface area contributed by atoms with Crippen molar-refractivity contribution in [3.63, 3.8) is 0 Å². The van der Waals surface area contributed by atoms with Gasteiger partial charge < -0.3 is 24.3 Å². The molecular weight excluding hydrogens is 514 g/mol. The topological polar surface area (TPSA) is 77.3 Å². The lowest BCUT2D eigenvalue weighted by Gasteiger charge is -2.30. The zero-order valence-electron chi connectivity index (χ0n) is 20.6. The number of aromatic nitrogens is 4. The number of hydrogen-bond donors (Lipinski definition) is 1. The molecule has 0 amide bonds. The monoisotopic (exact) mass is 538 g/mol. The van der Waals surface area contributed by atoms with Gasteiger partial charge in [-0.15, -0.1) is 0 Å². The third-order valence-corrected chi connectivity index (χ3v) is 6.97. The van der Waals surface area contributed by atoms with Gasteiger partial charge in [0, 0.05) is 36.5 Å². The molecule has 4 heterocycles. The zero-order chi connectivity index (χ0) is 26.2. The molecule has 4 aromatic rings. The van der Waals surface area contributed by atoms with Gasteiger partial charge in [-0.1, -0.05) is 23.7 Å². The Hall–Kier alpha value is -3.76. The third kappa shape index (κ3) is 4.77. The average molecular weight is 539 g/mol. The minimum atomic E-state index is -0.904. The van der Waals surface area contributed by atoms with Gasteiger partial charge in [-0.2, -0.15) is 4.98 Å². The molecule has 1 saturated heterocycles. The maximum Gasteiger partial charge on any atom is 0.229 e. The molecule has 1 N–H and O–H groups in total. The quantitative estimate of drug-likeness (QED) is 0.351. The number of nitrogens with one attached hydrogen (secondary N) is 1. The molecule has 196 valence electrons. The molecular formula is C27H25ClF2N6O2. The lowest BCUT2D eigenvalue weighted by atomic mass is 9.98. The van der Waals surface area contributed by atoms with E-state index in [0.29, 0.717) is 60.0 Å². The van der Waals surface area contributed by atoms with E-state index >= 15 is 0 Å². The van der Waals surface area contributed by atoms with Gasteiger partial charge in [0.25, 0.3) is 0 Å². The summed E-state index contributed by atoms with van der Waals surface area (Å²) in [5.41, 5.74) is 3.87. The van der Waals surface area contributed by atoms with E-state index in [0.717, 1.165) is 16.8 Å². The largest absolute Gasteiger partial charge is 0.494 e. The van der Waals surface area contributed by atoms with Gasteiger partial charge >= 0.3 is 0 Å². The Bertz CT molecular complexity index is 1460. The fourth-order valence-electron chi connectivity index (χ4n) is 4.95. The number of imidazole rings is 1. The molecule has 0 bridgehead atoms. The number of nitrogens with zero attached hydrogens (tertiary/aromatic N) is 5. The van der Waals surface area contributed by atoms with Crippen molar-refractivity contribution in [3.8, 4) is 11.4 Å². The maximum absolute atomic E-state index is 14.2. The highest BCUT2D eigenvalue weighted by molar-refractivity contribution is 6.29. The second kappa shape index (κ2) is 10.2. The van der Waals surface area contributed by atoms with Gasteiger partial charge in [0.15, 0.2) is 0 Å². The SMILES string of the molecule is COc1cc(Nc2nc3c(c(N4CCC(F)C4)n2)CCOC3c2ccc(F)cc2)ccc1-n1cnc(Cl)c1. The van der Waals surface area contributed by atoms with Gasteiger partial charge in [0.05, 0.1) is 31.6 Å². The Labute approximate surface area is 223 Å². The lowest BCUT2D eigenvalue weighted by Crippen LogP contribution is -2.28. The van der Waals surface area contributed by atoms with Crippen molar-refractivity contribution in [2.24, 2.45) is 0 Å². The molecule has 0 saturated carbocycles. The fourth-order valence-corrected chi connectivity index (χ4v) is 5.10. The zero-order valence-corrected chi connectivity index (χ0v) is 21.3. The number of hydrogen-bond acceptors (Lipinski definition) is 7. The Morgan fingerprint density at radius 2 is 2.00 bits per heavy atom. The first-order valence-electron chi connectivity index (χ1n) is 12.3. The Morgan fingerprint density at radius 1 is 1.16 bits per heavy atom. The van der Waals surface area contributed by atoms with E-state index in [1.165, 1.54) is 12.1 Å². The summed E-state index contributed by atoms with van der Waals surface area (Å²) in [6, 6.07) is 11.8. The van der Waals surface area contributed by atoms with E-state index in [4.69, 9.17) is 31.0 Å². The minimum absolute atomic E-state index is 0.279. The molecule has 2 aromatic carbocycles. The second-order valence-electron chi connectivity index (χ2n) is 9.23. The van der Waals surface area contributed by atoms with Crippen molar-refractivity contribution >= 4 is 29.1 Å². The van der Waals surface area contributed by atoms with Gasteiger partial charge in [0.2, 0.25) is 5.95 Å². The van der Waals surface area contributed by atoms with Crippen LogP contribution in [0.4, 0.5) is 26.2 Å². The van der Waals surface area contributed by atoms with Crippen LogP contribution in [0.3, 0.4) is 0 Å². The van der Waals surface area contributed by atoms with Gasteiger partial charge in [-0.3, -0.25) is 0 Å². The van der Waals surface area contributed by atoms with Crippen LogP contribution in [0.25, 0.3) is 5.69 Å². The van der Waals surface area contributed by atoms with Crippen molar-refractivity contribution in [1.82, 2.24) is 19.5 Å². The number of methoxy groups -OCH3 is 1. The Morgan fingerprint density at radius 3 is 2.71 bits per heavy atom. The summed E-state index contributed by atoms with van der Waals surface area (Å²) in [5.74, 6) is 1.32. The van der Waals surface area contributed by atoms with Crippen LogP contribution in [-0.2, 0) is 11.2 Å². The van der Waals surface area contributed by atoms with Crippen molar-refractivity contribution in [1.29, 1.82) is 0 Å². The van der Waals surface area contributed by atoms with Crippen molar-refractivity contribution in [2.45, 2.75) is 25.1 Å². The molecule has 0 radical (unpaired) electrons. The van der Waals surface area contributed by atoms with Crippen LogP contribution in [0.5, 0.6) is 5.75 Å². The number of benzene rings is 2. The summed E-state index contributed by atoms with van der Waals surface area (Å²) < 4.78 is 41.3. The fraction of sp³-hybridized carbons (Fsp3) is 0.296. The van der Waals surface area contributed by atoms with E-state index in [1.54, 1.807) is 36.3 Å². The molecule has 0 aliphatic carbocycles. The Kier molecular flexibility index (Phi) is 6.59. The highest BCUT2D eigenvalue weighted by atomic mass is 35.5. The van der Waals surface area contributed by atoms with Crippen LogP contribution < -0.4 is 15.0 Å². The van der Waals surface area contributed by atoms with Gasteiger partial charge in [0.1, 0.15) is 41.1 Å². The summed E-state index contributed by atoms with van der Waals surface area (Å²) in [7, 11) is 1.58. The standard InChI is InChI=1S/C27H25ClF2N6O2/c1-37-22-12-19(6-7-21(22)36-14-23(28)31-15-36)32-27-33-24-20(26(34-27)35-10-8-18(30)13-35)9-11-38-25(24)16-2-4-17(29)5-3-16/h2-7,12,14-15,18,25H,8-11,13H2,1H3,(H,32,33,34). The first kappa shape index (κ1) is 24.6. The summed E-state index contributed by atoms with van der Waals surface area (Å²) in [5, 5.41) is 3.65. The highest BCUT2D eigenvalue weighted by Crippen LogP contribution is 2.38. The van der Waals surface area contributed by atoms with Crippen molar-refractivity contribution in [3.05, 3.63) is 82.8 Å². The summed E-state index contributed by atoms with van der Waals surface area (Å²) in [6.07, 6.45) is 2.96. The number of alkyl halides is 1. The van der Waals surface area contributed by atoms with E-state index in [9.17, 15) is 8.78 Å². The maximum atomic E-state index is 14.2. The predicted molar refractivity (Wildman–Crippen MR) is 140 cm³/mol. The minimum Gasteiger partial charge on any atom is -0.494 e. The molecule has 6 rings (SSSR count). The summed E-state index contributed by atoms with van der Waals surface area (Å²) in [6.45, 7) is 1.31. The molecule has 2 aromatic heterocycles. The second-order valence-corrected chi connectivity index (χ2v) is 9.62. The molecule has 2 aliphatic rings. The normalized spacial score (nSPS) is 18.9.